The van der Waals surface area contributed by atoms with Gasteiger partial charge in [0.25, 0.3) is 0 Å². The first-order valence-corrected chi connectivity index (χ1v) is 6.37. The third kappa shape index (κ3) is 2.30. The fraction of sp³-hybridized carbons (Fsp3) is 0.333. The van der Waals surface area contributed by atoms with Crippen LogP contribution in [0.25, 0.3) is 5.69 Å². The van der Waals surface area contributed by atoms with Crippen molar-refractivity contribution in [2.24, 2.45) is 0 Å². The highest BCUT2D eigenvalue weighted by Gasteiger charge is 2.28. The van der Waals surface area contributed by atoms with Gasteiger partial charge >= 0.3 is 5.69 Å². The van der Waals surface area contributed by atoms with Crippen LogP contribution in [0.15, 0.2) is 29.1 Å². The monoisotopic (exact) mass is 280 g/mol. The molecule has 0 saturated carbocycles. The summed E-state index contributed by atoms with van der Waals surface area (Å²) < 4.78 is 1.49. The second-order valence-electron chi connectivity index (χ2n) is 4.55. The van der Waals surface area contributed by atoms with Crippen molar-refractivity contribution < 1.29 is 5.11 Å². The second kappa shape index (κ2) is 4.80. The molecule has 100 valence electrons. The largest absolute Gasteiger partial charge is 0.392 e. The van der Waals surface area contributed by atoms with Crippen molar-refractivity contribution in [1.82, 2.24) is 20.1 Å². The molecule has 0 unspecified atom stereocenters. The van der Waals surface area contributed by atoms with E-state index in [4.69, 9.17) is 11.6 Å². The molecule has 2 aromatic rings. The molecule has 1 fully saturated rings. The van der Waals surface area contributed by atoms with Gasteiger partial charge in [-0.1, -0.05) is 11.6 Å². The zero-order valence-corrected chi connectivity index (χ0v) is 10.8. The molecule has 0 bridgehead atoms. The van der Waals surface area contributed by atoms with E-state index in [1.54, 1.807) is 24.3 Å². The van der Waals surface area contributed by atoms with E-state index < -0.39 is 6.10 Å². The van der Waals surface area contributed by atoms with Crippen molar-refractivity contribution in [3.63, 3.8) is 0 Å². The first-order chi connectivity index (χ1) is 9.15. The van der Waals surface area contributed by atoms with E-state index >= 15 is 0 Å². The van der Waals surface area contributed by atoms with Crippen LogP contribution in [0.5, 0.6) is 0 Å². The van der Waals surface area contributed by atoms with Crippen molar-refractivity contribution in [1.29, 1.82) is 0 Å². The van der Waals surface area contributed by atoms with Crippen molar-refractivity contribution in [3.05, 3.63) is 45.6 Å². The van der Waals surface area contributed by atoms with Gasteiger partial charge in [-0.25, -0.2) is 14.5 Å². The molecule has 3 N–H and O–H groups in total. The summed E-state index contributed by atoms with van der Waals surface area (Å²) >= 11 is 5.84. The third-order valence-corrected chi connectivity index (χ3v) is 3.45. The summed E-state index contributed by atoms with van der Waals surface area (Å²) in [4.78, 5) is 11.9. The average Bonchev–Trinajstić information content (AvgIpc) is 2.97. The summed E-state index contributed by atoms with van der Waals surface area (Å²) in [7, 11) is 0. The van der Waals surface area contributed by atoms with Gasteiger partial charge in [0, 0.05) is 11.6 Å². The number of nitrogens with zero attached hydrogens (tertiary/aromatic N) is 2. The molecule has 2 heterocycles. The highest BCUT2D eigenvalue weighted by Crippen LogP contribution is 2.23. The molecule has 0 aliphatic carbocycles. The summed E-state index contributed by atoms with van der Waals surface area (Å²) in [6.45, 7) is 0.506. The Morgan fingerprint density at radius 3 is 2.74 bits per heavy atom. The van der Waals surface area contributed by atoms with Crippen molar-refractivity contribution in [2.75, 3.05) is 6.54 Å². The Kier molecular flexibility index (Phi) is 3.14. The Bertz CT molecular complexity index is 634. The van der Waals surface area contributed by atoms with E-state index in [9.17, 15) is 9.90 Å². The number of aromatic nitrogens is 3. The number of aliphatic hydroxyl groups is 1. The van der Waals surface area contributed by atoms with E-state index in [0.29, 0.717) is 29.5 Å². The molecule has 1 aliphatic rings. The summed E-state index contributed by atoms with van der Waals surface area (Å²) in [5.41, 5.74) is 0.391. The minimum absolute atomic E-state index is 0.135. The van der Waals surface area contributed by atoms with E-state index in [0.717, 1.165) is 0 Å². The quantitative estimate of drug-likeness (QED) is 0.753. The molecule has 0 spiro atoms. The number of aromatic amines is 1. The first-order valence-electron chi connectivity index (χ1n) is 6.00. The number of nitrogens with one attached hydrogen (secondary N) is 2. The molecule has 3 rings (SSSR count). The fourth-order valence-corrected chi connectivity index (χ4v) is 2.42. The van der Waals surface area contributed by atoms with Crippen LogP contribution < -0.4 is 11.0 Å². The second-order valence-corrected chi connectivity index (χ2v) is 4.99. The summed E-state index contributed by atoms with van der Waals surface area (Å²) in [5, 5.41) is 19.8. The lowest BCUT2D eigenvalue weighted by atomic mass is 10.2. The third-order valence-electron chi connectivity index (χ3n) is 3.20. The van der Waals surface area contributed by atoms with E-state index in [1.165, 1.54) is 4.57 Å². The van der Waals surface area contributed by atoms with Gasteiger partial charge in [0.05, 0.1) is 17.8 Å². The lowest BCUT2D eigenvalue weighted by molar-refractivity contribution is 0.193. The molecule has 7 heteroatoms. The lowest BCUT2D eigenvalue weighted by Crippen LogP contribution is -2.22. The maximum atomic E-state index is 11.9. The predicted molar refractivity (Wildman–Crippen MR) is 70.6 cm³/mol. The van der Waals surface area contributed by atoms with Crippen molar-refractivity contribution in [2.45, 2.75) is 18.6 Å². The zero-order valence-electron chi connectivity index (χ0n) is 10.0. The van der Waals surface area contributed by atoms with Crippen LogP contribution in [0.4, 0.5) is 0 Å². The van der Waals surface area contributed by atoms with E-state index in [-0.39, 0.29) is 11.7 Å². The summed E-state index contributed by atoms with van der Waals surface area (Å²) in [6, 6.07) is 6.82. The van der Waals surface area contributed by atoms with Gasteiger partial charge in [-0.05, 0) is 30.7 Å². The van der Waals surface area contributed by atoms with Gasteiger partial charge in [0.1, 0.15) is 0 Å². The molecular formula is C12H13ClN4O2. The highest BCUT2D eigenvalue weighted by atomic mass is 35.5. The number of aliphatic hydroxyl groups excluding tert-OH is 1. The Hall–Kier alpha value is -1.63. The van der Waals surface area contributed by atoms with Crippen molar-refractivity contribution >= 4 is 11.6 Å². The normalized spacial score (nSPS) is 22.8. The van der Waals surface area contributed by atoms with Gasteiger partial charge in [-0.15, -0.1) is 0 Å². The number of halogens is 1. The van der Waals surface area contributed by atoms with Crippen LogP contribution in [0.1, 0.15) is 18.3 Å². The van der Waals surface area contributed by atoms with Crippen LogP contribution in [0.3, 0.4) is 0 Å². The van der Waals surface area contributed by atoms with Crippen LogP contribution >= 0.6 is 11.6 Å². The van der Waals surface area contributed by atoms with E-state index in [1.807, 2.05) is 0 Å². The van der Waals surface area contributed by atoms with Crippen LogP contribution in [0.2, 0.25) is 5.02 Å². The summed E-state index contributed by atoms with van der Waals surface area (Å²) in [6.07, 6.45) is 0.133. The van der Waals surface area contributed by atoms with Gasteiger partial charge < -0.3 is 10.4 Å². The maximum Gasteiger partial charge on any atom is 0.347 e. The molecule has 1 aromatic carbocycles. The zero-order chi connectivity index (χ0) is 13.4. The van der Waals surface area contributed by atoms with Crippen LogP contribution in [0, 0.1) is 0 Å². The van der Waals surface area contributed by atoms with Crippen LogP contribution in [-0.4, -0.2) is 32.5 Å². The molecule has 1 aliphatic heterocycles. The highest BCUT2D eigenvalue weighted by molar-refractivity contribution is 6.30. The first kappa shape index (κ1) is 12.4. The van der Waals surface area contributed by atoms with Gasteiger partial charge in [0.2, 0.25) is 0 Å². The topological polar surface area (TPSA) is 82.9 Å². The minimum atomic E-state index is -0.407. The SMILES string of the molecule is O=c1[nH]nc([C@@H]2C[C@@H](O)CN2)n1-c1ccc(Cl)cc1. The maximum absolute atomic E-state index is 11.9. The number of benzene rings is 1. The number of rotatable bonds is 2. The molecule has 1 saturated heterocycles. The Morgan fingerprint density at radius 1 is 1.37 bits per heavy atom. The van der Waals surface area contributed by atoms with Crippen molar-refractivity contribution in [3.8, 4) is 5.69 Å². The Morgan fingerprint density at radius 2 is 2.11 bits per heavy atom. The van der Waals surface area contributed by atoms with Gasteiger partial charge in [-0.2, -0.15) is 5.10 Å². The molecule has 19 heavy (non-hydrogen) atoms. The molecule has 2 atom stereocenters. The van der Waals surface area contributed by atoms with Gasteiger partial charge in [0.15, 0.2) is 5.82 Å². The van der Waals surface area contributed by atoms with Crippen LogP contribution in [-0.2, 0) is 0 Å². The van der Waals surface area contributed by atoms with E-state index in [2.05, 4.69) is 15.5 Å². The predicted octanol–water partition coefficient (Wildman–Crippen LogP) is 0.609. The van der Waals surface area contributed by atoms with Gasteiger partial charge in [-0.3, -0.25) is 0 Å². The minimum Gasteiger partial charge on any atom is -0.392 e. The number of H-pyrrole nitrogens is 1. The molecule has 0 radical (unpaired) electrons. The molecule has 0 amide bonds. The fourth-order valence-electron chi connectivity index (χ4n) is 2.30. The number of hydrogen-bond acceptors (Lipinski definition) is 4. The molecule has 1 aromatic heterocycles. The summed E-state index contributed by atoms with van der Waals surface area (Å²) in [5.74, 6) is 0.573. The Balaban J connectivity index is 2.03. The molecular weight excluding hydrogens is 268 g/mol. The standard InChI is InChI=1S/C12H13ClN4O2/c13-7-1-3-8(4-2-7)17-11(15-16-12(17)19)10-5-9(18)6-14-10/h1-4,9-10,14,18H,5-6H2,(H,16,19)/t9-,10+/m1/s1. The smallest absolute Gasteiger partial charge is 0.347 e. The average molecular weight is 281 g/mol. The lowest BCUT2D eigenvalue weighted by Gasteiger charge is -2.11. The molecule has 6 nitrogen and oxygen atoms in total. The Labute approximate surface area is 114 Å². The number of hydrogen-bond donors (Lipinski definition) is 3. The number of β-amino-alcohol motifs (C(OH)–C–C–N with tert-alkyl or cyclic N) is 1.